The Labute approximate surface area is 132 Å². The standard InChI is InChI=1S/C14H14N2O6S/c1-23(20,21)22-11-4-2-3-8-9(11)7-16(14(8)19)10-5-6-12(17)15-13(10)18/h2-4,10H,5-7H2,1H3,(H,15,17,18). The van der Waals surface area contributed by atoms with Crippen LogP contribution in [-0.4, -0.2) is 43.3 Å². The molecule has 2 aliphatic heterocycles. The van der Waals surface area contributed by atoms with Gasteiger partial charge in [0.15, 0.2) is 0 Å². The molecule has 1 aromatic carbocycles. The topological polar surface area (TPSA) is 110 Å². The number of piperidine rings is 1. The van der Waals surface area contributed by atoms with Crippen LogP contribution in [0.5, 0.6) is 5.75 Å². The van der Waals surface area contributed by atoms with Crippen molar-refractivity contribution in [1.82, 2.24) is 10.2 Å². The maximum Gasteiger partial charge on any atom is 0.306 e. The third-order valence-corrected chi connectivity index (χ3v) is 4.26. The van der Waals surface area contributed by atoms with E-state index in [1.165, 1.54) is 17.0 Å². The number of nitrogens with zero attached hydrogens (tertiary/aromatic N) is 1. The van der Waals surface area contributed by atoms with Crippen molar-refractivity contribution in [2.24, 2.45) is 0 Å². The summed E-state index contributed by atoms with van der Waals surface area (Å²) in [5, 5.41) is 2.21. The minimum atomic E-state index is -3.73. The van der Waals surface area contributed by atoms with Crippen LogP contribution in [0.3, 0.4) is 0 Å². The van der Waals surface area contributed by atoms with E-state index >= 15 is 0 Å². The molecule has 122 valence electrons. The first-order valence-electron chi connectivity index (χ1n) is 6.92. The van der Waals surface area contributed by atoms with E-state index in [9.17, 15) is 22.8 Å². The monoisotopic (exact) mass is 338 g/mol. The van der Waals surface area contributed by atoms with E-state index in [1.807, 2.05) is 0 Å². The molecule has 2 aliphatic rings. The van der Waals surface area contributed by atoms with Gasteiger partial charge in [0.25, 0.3) is 5.91 Å². The van der Waals surface area contributed by atoms with Gasteiger partial charge in [-0.3, -0.25) is 19.7 Å². The third-order valence-electron chi connectivity index (χ3n) is 3.78. The molecule has 23 heavy (non-hydrogen) atoms. The van der Waals surface area contributed by atoms with E-state index in [0.717, 1.165) is 6.26 Å². The predicted molar refractivity (Wildman–Crippen MR) is 78.0 cm³/mol. The van der Waals surface area contributed by atoms with Gasteiger partial charge in [0.1, 0.15) is 11.8 Å². The number of hydrogen-bond donors (Lipinski definition) is 1. The molecule has 8 nitrogen and oxygen atoms in total. The Kier molecular flexibility index (Phi) is 3.59. The second-order valence-electron chi connectivity index (χ2n) is 5.47. The highest BCUT2D eigenvalue weighted by Gasteiger charge is 2.40. The maximum absolute atomic E-state index is 12.5. The van der Waals surface area contributed by atoms with Crippen LogP contribution >= 0.6 is 0 Å². The van der Waals surface area contributed by atoms with Crippen molar-refractivity contribution in [3.05, 3.63) is 29.3 Å². The maximum atomic E-state index is 12.5. The lowest BCUT2D eigenvalue weighted by molar-refractivity contribution is -0.136. The fourth-order valence-electron chi connectivity index (χ4n) is 2.80. The van der Waals surface area contributed by atoms with Crippen LogP contribution < -0.4 is 9.50 Å². The Morgan fingerprint density at radius 3 is 2.65 bits per heavy atom. The average Bonchev–Trinajstić information content (AvgIpc) is 2.76. The number of benzene rings is 1. The van der Waals surface area contributed by atoms with Crippen molar-refractivity contribution in [1.29, 1.82) is 0 Å². The molecule has 0 spiro atoms. The highest BCUT2D eigenvalue weighted by molar-refractivity contribution is 7.86. The zero-order valence-corrected chi connectivity index (χ0v) is 13.1. The Balaban J connectivity index is 1.91. The smallest absolute Gasteiger partial charge is 0.306 e. The molecule has 3 amide bonds. The number of nitrogens with one attached hydrogen (secondary N) is 1. The molecule has 3 rings (SSSR count). The number of carbonyl (C=O) groups excluding carboxylic acids is 3. The number of hydrogen-bond acceptors (Lipinski definition) is 6. The summed E-state index contributed by atoms with van der Waals surface area (Å²) >= 11 is 0. The van der Waals surface area contributed by atoms with Crippen LogP contribution in [0.2, 0.25) is 0 Å². The van der Waals surface area contributed by atoms with Crippen molar-refractivity contribution >= 4 is 27.8 Å². The largest absolute Gasteiger partial charge is 0.382 e. The molecular formula is C14H14N2O6S. The molecule has 2 heterocycles. The van der Waals surface area contributed by atoms with E-state index in [2.05, 4.69) is 5.32 Å². The van der Waals surface area contributed by atoms with Crippen molar-refractivity contribution in [3.63, 3.8) is 0 Å². The number of imide groups is 1. The molecule has 1 saturated heterocycles. The van der Waals surface area contributed by atoms with Gasteiger partial charge in [0, 0.05) is 17.5 Å². The summed E-state index contributed by atoms with van der Waals surface area (Å²) in [5.41, 5.74) is 0.725. The fraction of sp³-hybridized carbons (Fsp3) is 0.357. The van der Waals surface area contributed by atoms with E-state index in [0.29, 0.717) is 11.1 Å². The number of amides is 3. The normalized spacial score (nSPS) is 21.2. The molecule has 0 aromatic heterocycles. The van der Waals surface area contributed by atoms with Gasteiger partial charge in [-0.05, 0) is 18.6 Å². The lowest BCUT2D eigenvalue weighted by Crippen LogP contribution is -2.52. The molecule has 0 aliphatic carbocycles. The van der Waals surface area contributed by atoms with Crippen LogP contribution in [0, 0.1) is 0 Å². The molecule has 1 atom stereocenters. The first-order chi connectivity index (χ1) is 10.8. The molecule has 0 saturated carbocycles. The van der Waals surface area contributed by atoms with Crippen LogP contribution in [0.15, 0.2) is 18.2 Å². The molecule has 9 heteroatoms. The Morgan fingerprint density at radius 1 is 1.26 bits per heavy atom. The molecule has 0 radical (unpaired) electrons. The van der Waals surface area contributed by atoms with Gasteiger partial charge in [0.05, 0.1) is 12.8 Å². The Hall–Kier alpha value is -2.42. The van der Waals surface area contributed by atoms with Gasteiger partial charge >= 0.3 is 10.1 Å². The van der Waals surface area contributed by atoms with Crippen LogP contribution in [-0.2, 0) is 26.3 Å². The summed E-state index contributed by atoms with van der Waals surface area (Å²) in [4.78, 5) is 37.0. The zero-order valence-electron chi connectivity index (χ0n) is 12.2. The van der Waals surface area contributed by atoms with Gasteiger partial charge in [-0.15, -0.1) is 0 Å². The summed E-state index contributed by atoms with van der Waals surface area (Å²) in [6.07, 6.45) is 1.32. The van der Waals surface area contributed by atoms with Gasteiger partial charge < -0.3 is 9.08 Å². The van der Waals surface area contributed by atoms with Crippen LogP contribution in [0.4, 0.5) is 0 Å². The third kappa shape index (κ3) is 2.91. The van der Waals surface area contributed by atoms with E-state index in [4.69, 9.17) is 4.18 Å². The highest BCUT2D eigenvalue weighted by atomic mass is 32.2. The minimum Gasteiger partial charge on any atom is -0.382 e. The van der Waals surface area contributed by atoms with Crippen LogP contribution in [0.1, 0.15) is 28.8 Å². The lowest BCUT2D eigenvalue weighted by Gasteiger charge is -2.29. The highest BCUT2D eigenvalue weighted by Crippen LogP contribution is 2.33. The zero-order chi connectivity index (χ0) is 16.8. The minimum absolute atomic E-state index is 0.0616. The second-order valence-corrected chi connectivity index (χ2v) is 7.04. The first kappa shape index (κ1) is 15.5. The predicted octanol–water partition coefficient (Wildman–Crippen LogP) is -0.214. The number of rotatable bonds is 3. The van der Waals surface area contributed by atoms with Crippen molar-refractivity contribution in [2.75, 3.05) is 6.26 Å². The van der Waals surface area contributed by atoms with Crippen molar-refractivity contribution in [2.45, 2.75) is 25.4 Å². The Morgan fingerprint density at radius 2 is 2.00 bits per heavy atom. The summed E-state index contributed by atoms with van der Waals surface area (Å²) < 4.78 is 27.6. The van der Waals surface area contributed by atoms with Crippen molar-refractivity contribution in [3.8, 4) is 5.75 Å². The SMILES string of the molecule is CS(=O)(=O)Oc1cccc2c1CN(C1CCC(=O)NC1=O)C2=O. The van der Waals surface area contributed by atoms with E-state index in [1.54, 1.807) is 6.07 Å². The van der Waals surface area contributed by atoms with Gasteiger partial charge in [-0.1, -0.05) is 6.07 Å². The first-order valence-corrected chi connectivity index (χ1v) is 8.74. The second kappa shape index (κ2) is 5.34. The average molecular weight is 338 g/mol. The summed E-state index contributed by atoms with van der Waals surface area (Å²) in [5.74, 6) is -1.19. The molecule has 1 N–H and O–H groups in total. The van der Waals surface area contributed by atoms with Gasteiger partial charge in [-0.25, -0.2) is 0 Å². The molecule has 1 unspecified atom stereocenters. The Bertz CT molecular complexity index is 817. The van der Waals surface area contributed by atoms with E-state index < -0.39 is 22.1 Å². The summed E-state index contributed by atoms with van der Waals surface area (Å²) in [7, 11) is -3.73. The summed E-state index contributed by atoms with van der Waals surface area (Å²) in [6.45, 7) is 0.0616. The molecule has 0 bridgehead atoms. The molecular weight excluding hydrogens is 324 g/mol. The van der Waals surface area contributed by atoms with Gasteiger partial charge in [0.2, 0.25) is 11.8 Å². The van der Waals surface area contributed by atoms with Crippen molar-refractivity contribution < 1.29 is 27.0 Å². The molecule has 1 fully saturated rings. The lowest BCUT2D eigenvalue weighted by atomic mass is 10.0. The van der Waals surface area contributed by atoms with Crippen LogP contribution in [0.25, 0.3) is 0 Å². The van der Waals surface area contributed by atoms with E-state index in [-0.39, 0.29) is 37.0 Å². The summed E-state index contributed by atoms with van der Waals surface area (Å²) in [6, 6.07) is 3.78. The number of carbonyl (C=O) groups is 3. The molecule has 1 aromatic rings. The number of fused-ring (bicyclic) bond motifs is 1. The fourth-order valence-corrected chi connectivity index (χ4v) is 3.28. The van der Waals surface area contributed by atoms with Gasteiger partial charge in [-0.2, -0.15) is 8.42 Å². The quantitative estimate of drug-likeness (QED) is 0.603.